The van der Waals surface area contributed by atoms with Gasteiger partial charge in [0.15, 0.2) is 16.4 Å². The first-order valence-electron chi connectivity index (χ1n) is 8.15. The second-order valence-electron chi connectivity index (χ2n) is 6.08. The molecule has 0 radical (unpaired) electrons. The second-order valence-corrected chi connectivity index (χ2v) is 8.31. The van der Waals surface area contributed by atoms with E-state index in [0.29, 0.717) is 17.7 Å². The van der Waals surface area contributed by atoms with Crippen LogP contribution in [0.3, 0.4) is 0 Å². The van der Waals surface area contributed by atoms with Gasteiger partial charge in [-0.3, -0.25) is 4.79 Å². The Bertz CT molecular complexity index is 883. The van der Waals surface area contributed by atoms with Crippen LogP contribution in [0.15, 0.2) is 29.8 Å². The van der Waals surface area contributed by atoms with E-state index < -0.39 is 34.4 Å². The number of ether oxygens (including phenoxy) is 2. The number of likely N-dealkylation sites (N-methyl/N-ethyl adjacent to an activating group) is 1. The molecule has 0 aromatic heterocycles. The van der Waals surface area contributed by atoms with E-state index in [-0.39, 0.29) is 17.1 Å². The van der Waals surface area contributed by atoms with Gasteiger partial charge in [-0.2, -0.15) is 5.26 Å². The van der Waals surface area contributed by atoms with Gasteiger partial charge in [-0.25, -0.2) is 13.2 Å². The summed E-state index contributed by atoms with van der Waals surface area (Å²) in [7, 11) is -0.127. The van der Waals surface area contributed by atoms with Crippen LogP contribution in [-0.4, -0.2) is 63.5 Å². The third kappa shape index (κ3) is 5.56. The molecule has 2 rings (SSSR count). The topological polar surface area (TPSA) is 114 Å². The summed E-state index contributed by atoms with van der Waals surface area (Å²) in [4.78, 5) is 25.4. The molecule has 1 heterocycles. The molecule has 1 saturated heterocycles. The Kier molecular flexibility index (Phi) is 6.58. The molecule has 0 aliphatic carbocycles. The van der Waals surface area contributed by atoms with E-state index in [1.807, 2.05) is 0 Å². The Balaban J connectivity index is 1.95. The monoisotopic (exact) mass is 392 g/mol. The summed E-state index contributed by atoms with van der Waals surface area (Å²) >= 11 is 0. The molecule has 1 aliphatic rings. The fraction of sp³-hybridized carbons (Fsp3) is 0.389. The first-order valence-corrected chi connectivity index (χ1v) is 9.97. The molecule has 0 bridgehead atoms. The number of hydrogen-bond acceptors (Lipinski definition) is 7. The van der Waals surface area contributed by atoms with Crippen molar-refractivity contribution < 1.29 is 27.5 Å². The lowest BCUT2D eigenvalue weighted by molar-refractivity contribution is -0.148. The van der Waals surface area contributed by atoms with Crippen molar-refractivity contribution in [3.8, 4) is 11.8 Å². The fourth-order valence-electron chi connectivity index (χ4n) is 2.59. The molecule has 1 aromatic rings. The summed E-state index contributed by atoms with van der Waals surface area (Å²) in [6.45, 7) is -0.562. The third-order valence-corrected chi connectivity index (χ3v) is 5.99. The summed E-state index contributed by atoms with van der Waals surface area (Å²) < 4.78 is 32.9. The molecule has 0 unspecified atom stereocenters. The smallest absolute Gasteiger partial charge is 0.349 e. The van der Waals surface area contributed by atoms with Crippen LogP contribution in [0, 0.1) is 11.3 Å². The number of esters is 1. The Morgan fingerprint density at radius 3 is 2.52 bits per heavy atom. The van der Waals surface area contributed by atoms with Gasteiger partial charge < -0.3 is 14.4 Å². The van der Waals surface area contributed by atoms with Crippen LogP contribution < -0.4 is 4.74 Å². The average molecular weight is 392 g/mol. The molecule has 9 heteroatoms. The van der Waals surface area contributed by atoms with Gasteiger partial charge in [0.2, 0.25) is 0 Å². The lowest BCUT2D eigenvalue weighted by Gasteiger charge is -2.23. The molecule has 144 valence electrons. The zero-order chi connectivity index (χ0) is 20.0. The quantitative estimate of drug-likeness (QED) is 0.399. The van der Waals surface area contributed by atoms with Crippen LogP contribution in [0.5, 0.6) is 5.75 Å². The minimum Gasteiger partial charge on any atom is -0.497 e. The van der Waals surface area contributed by atoms with Crippen molar-refractivity contribution >= 4 is 27.8 Å². The summed E-state index contributed by atoms with van der Waals surface area (Å²) in [6, 6.07) is 8.03. The van der Waals surface area contributed by atoms with E-state index in [4.69, 9.17) is 14.7 Å². The average Bonchev–Trinajstić information content (AvgIpc) is 3.03. The maximum atomic E-state index is 12.1. The molecule has 0 N–H and O–H groups in total. The molecular weight excluding hydrogens is 372 g/mol. The van der Waals surface area contributed by atoms with E-state index in [0.717, 1.165) is 0 Å². The maximum Gasteiger partial charge on any atom is 0.349 e. The molecule has 1 aliphatic heterocycles. The standard InChI is InChI=1S/C18H20N2O6S/c1-20(15-7-8-27(23,24)12-15)17(21)11-26-18(22)14(10-19)9-13-3-5-16(25-2)6-4-13/h3-6,9,15H,7-8,11-12H2,1-2H3/b14-9+/t15-/m0/s1. The van der Waals surface area contributed by atoms with Crippen LogP contribution in [0.4, 0.5) is 0 Å². The summed E-state index contributed by atoms with van der Waals surface area (Å²) in [5.41, 5.74) is 0.350. The van der Waals surface area contributed by atoms with Crippen molar-refractivity contribution in [1.29, 1.82) is 5.26 Å². The van der Waals surface area contributed by atoms with Gasteiger partial charge in [0, 0.05) is 13.1 Å². The zero-order valence-electron chi connectivity index (χ0n) is 15.0. The van der Waals surface area contributed by atoms with Gasteiger partial charge in [0.05, 0.1) is 18.6 Å². The second kappa shape index (κ2) is 8.68. The van der Waals surface area contributed by atoms with Gasteiger partial charge in [0.25, 0.3) is 5.91 Å². The van der Waals surface area contributed by atoms with Crippen LogP contribution >= 0.6 is 0 Å². The van der Waals surface area contributed by atoms with E-state index in [1.54, 1.807) is 30.3 Å². The number of methoxy groups -OCH3 is 1. The van der Waals surface area contributed by atoms with E-state index in [9.17, 15) is 18.0 Å². The van der Waals surface area contributed by atoms with E-state index in [1.165, 1.54) is 25.1 Å². The molecule has 1 amide bonds. The summed E-state index contributed by atoms with van der Waals surface area (Å²) in [6.07, 6.45) is 1.71. The summed E-state index contributed by atoms with van der Waals surface area (Å²) in [5.74, 6) is -0.862. The van der Waals surface area contributed by atoms with Gasteiger partial charge >= 0.3 is 5.97 Å². The molecule has 8 nitrogen and oxygen atoms in total. The number of amides is 1. The normalized spacial score (nSPS) is 18.4. The Hall–Kier alpha value is -2.86. The highest BCUT2D eigenvalue weighted by Gasteiger charge is 2.33. The highest BCUT2D eigenvalue weighted by Crippen LogP contribution is 2.17. The molecule has 1 aromatic carbocycles. The fourth-order valence-corrected chi connectivity index (χ4v) is 4.37. The van der Waals surface area contributed by atoms with Gasteiger partial charge in [-0.05, 0) is 30.2 Å². The van der Waals surface area contributed by atoms with Crippen molar-refractivity contribution in [3.63, 3.8) is 0 Å². The zero-order valence-corrected chi connectivity index (χ0v) is 15.9. The van der Waals surface area contributed by atoms with E-state index in [2.05, 4.69) is 0 Å². The molecule has 0 saturated carbocycles. The van der Waals surface area contributed by atoms with Crippen LogP contribution in [0.1, 0.15) is 12.0 Å². The van der Waals surface area contributed by atoms with Crippen LogP contribution in [0.2, 0.25) is 0 Å². The van der Waals surface area contributed by atoms with Crippen LogP contribution in [-0.2, 0) is 24.2 Å². The molecule has 27 heavy (non-hydrogen) atoms. The highest BCUT2D eigenvalue weighted by molar-refractivity contribution is 7.91. The van der Waals surface area contributed by atoms with E-state index >= 15 is 0 Å². The first-order chi connectivity index (χ1) is 12.8. The van der Waals surface area contributed by atoms with Gasteiger partial charge in [-0.15, -0.1) is 0 Å². The van der Waals surface area contributed by atoms with Crippen LogP contribution in [0.25, 0.3) is 6.08 Å². The first kappa shape index (κ1) is 20.5. The highest BCUT2D eigenvalue weighted by atomic mass is 32.2. The number of benzene rings is 1. The molecule has 1 atom stereocenters. The molecular formula is C18H20N2O6S. The van der Waals surface area contributed by atoms with Gasteiger partial charge in [-0.1, -0.05) is 12.1 Å². The van der Waals surface area contributed by atoms with Crippen molar-refractivity contribution in [2.45, 2.75) is 12.5 Å². The van der Waals surface area contributed by atoms with Crippen molar-refractivity contribution in [2.75, 3.05) is 32.3 Å². The maximum absolute atomic E-state index is 12.1. The number of nitriles is 1. The minimum atomic E-state index is -3.13. The Morgan fingerprint density at radius 1 is 1.33 bits per heavy atom. The Labute approximate surface area is 157 Å². The number of carbonyl (C=O) groups excluding carboxylic acids is 2. The summed E-state index contributed by atoms with van der Waals surface area (Å²) in [5, 5.41) is 9.16. The SMILES string of the molecule is COc1ccc(/C=C(\C#N)C(=O)OCC(=O)N(C)[C@H]2CCS(=O)(=O)C2)cc1. The van der Waals surface area contributed by atoms with Gasteiger partial charge in [0.1, 0.15) is 17.4 Å². The third-order valence-electron chi connectivity index (χ3n) is 4.24. The largest absolute Gasteiger partial charge is 0.497 e. The lowest BCUT2D eigenvalue weighted by Crippen LogP contribution is -2.40. The number of sulfone groups is 1. The molecule has 1 fully saturated rings. The number of nitrogens with zero attached hydrogens (tertiary/aromatic N) is 2. The molecule has 0 spiro atoms. The number of hydrogen-bond donors (Lipinski definition) is 0. The van der Waals surface area contributed by atoms with Crippen molar-refractivity contribution in [1.82, 2.24) is 4.90 Å². The predicted molar refractivity (Wildman–Crippen MR) is 97.4 cm³/mol. The Morgan fingerprint density at radius 2 is 2.00 bits per heavy atom. The lowest BCUT2D eigenvalue weighted by atomic mass is 10.1. The van der Waals surface area contributed by atoms with Crippen molar-refractivity contribution in [2.24, 2.45) is 0 Å². The number of carbonyl (C=O) groups is 2. The minimum absolute atomic E-state index is 0.0399. The number of rotatable bonds is 6. The van der Waals surface area contributed by atoms with Crippen molar-refractivity contribution in [3.05, 3.63) is 35.4 Å². The predicted octanol–water partition coefficient (Wildman–Crippen LogP) is 0.791.